The molecule has 62 valence electrons. The number of benzene rings is 1. The van der Waals surface area contributed by atoms with Crippen molar-refractivity contribution in [3.63, 3.8) is 0 Å². The summed E-state index contributed by atoms with van der Waals surface area (Å²) in [7, 11) is 3.75. The van der Waals surface area contributed by atoms with Crippen LogP contribution in [-0.2, 0) is 0 Å². The van der Waals surface area contributed by atoms with Crippen LogP contribution in [0.25, 0.3) is 11.2 Å². The van der Waals surface area contributed by atoms with Crippen molar-refractivity contribution >= 4 is 11.2 Å². The molecule has 0 aliphatic heterocycles. The van der Waals surface area contributed by atoms with Crippen molar-refractivity contribution in [2.24, 2.45) is 0 Å². The highest BCUT2D eigenvalue weighted by Crippen LogP contribution is 2.09. The van der Waals surface area contributed by atoms with Gasteiger partial charge >= 0.3 is 5.75 Å². The van der Waals surface area contributed by atoms with Crippen LogP contribution in [0.4, 0.5) is 0 Å². The summed E-state index contributed by atoms with van der Waals surface area (Å²) < 4.78 is 12.6. The summed E-state index contributed by atoms with van der Waals surface area (Å²) in [4.78, 5) is 0. The monoisotopic (exact) mass is 164 g/mol. The normalized spacial score (nSPS) is 10.5. The second-order valence-corrected chi connectivity index (χ2v) is 2.81. The van der Waals surface area contributed by atoms with Crippen LogP contribution in [-0.4, -0.2) is 14.1 Å². The van der Waals surface area contributed by atoms with E-state index in [1.54, 1.807) is 4.58 Å². The zero-order valence-electron chi connectivity index (χ0n) is 7.07. The Morgan fingerprint density at radius 3 is 1.92 bits per heavy atom. The Labute approximate surface area is 69.5 Å². The highest BCUT2D eigenvalue weighted by molar-refractivity contribution is 5.68. The molecule has 1 aromatic heterocycles. The average Bonchev–Trinajstić information content (AvgIpc) is 2.46. The molecule has 0 saturated heterocycles. The van der Waals surface area contributed by atoms with Crippen molar-refractivity contribution in [3.8, 4) is 0 Å². The van der Waals surface area contributed by atoms with Gasteiger partial charge in [0.1, 0.15) is 14.1 Å². The molecule has 1 aromatic carbocycles. The molecule has 0 amide bonds. The van der Waals surface area contributed by atoms with Gasteiger partial charge in [-0.25, -0.2) is 0 Å². The van der Waals surface area contributed by atoms with Crippen molar-refractivity contribution in [1.29, 1.82) is 0 Å². The van der Waals surface area contributed by atoms with E-state index in [1.165, 1.54) is 0 Å². The zero-order chi connectivity index (χ0) is 8.55. The lowest BCUT2D eigenvalue weighted by atomic mass is 10.3. The Balaban J connectivity index is 2.88. The van der Waals surface area contributed by atoms with Crippen LogP contribution in [0.2, 0.25) is 0 Å². The molecule has 2 aromatic rings. The Kier molecular flexibility index (Phi) is 1.50. The molecule has 3 heteroatoms. The quantitative estimate of drug-likeness (QED) is 0.545. The maximum absolute atomic E-state index is 5.39. The first-order chi connectivity index (χ1) is 5.77. The molecule has 0 spiro atoms. The zero-order valence-corrected chi connectivity index (χ0v) is 7.07. The molecule has 0 aliphatic carbocycles. The van der Waals surface area contributed by atoms with Crippen molar-refractivity contribution in [2.75, 3.05) is 14.1 Å². The summed E-state index contributed by atoms with van der Waals surface area (Å²) in [6.45, 7) is 0. The highest BCUT2D eigenvalue weighted by Gasteiger charge is 2.04. The van der Waals surface area contributed by atoms with E-state index in [1.807, 2.05) is 38.4 Å². The van der Waals surface area contributed by atoms with Crippen molar-refractivity contribution in [1.82, 2.24) is 4.58 Å². The molecule has 0 saturated carbocycles. The molecule has 0 fully saturated rings. The van der Waals surface area contributed by atoms with Gasteiger partial charge in [-0.2, -0.15) is 4.58 Å². The second-order valence-electron chi connectivity index (χ2n) is 2.81. The molecule has 1 heterocycles. The maximum Gasteiger partial charge on any atom is 0.560 e. The molecule has 2 rings (SSSR count). The summed E-state index contributed by atoms with van der Waals surface area (Å²) in [5, 5.41) is 0. The van der Waals surface area contributed by atoms with Crippen molar-refractivity contribution in [3.05, 3.63) is 30.0 Å². The van der Waals surface area contributed by atoms with Crippen LogP contribution in [0.1, 0.15) is 0 Å². The van der Waals surface area contributed by atoms with Crippen LogP contribution in [0.3, 0.4) is 0 Å². The fourth-order valence-corrected chi connectivity index (χ4v) is 1.01. The number of rotatable bonds is 0. The largest absolute Gasteiger partial charge is 0.560 e. The van der Waals surface area contributed by atoms with E-state index >= 15 is 0 Å². The van der Waals surface area contributed by atoms with Gasteiger partial charge in [0.25, 0.3) is 0 Å². The SMILES string of the molecule is C[N+](C)=c1oc2ccccc2o1. The topological polar surface area (TPSA) is 29.3 Å². The number of para-hydroxylation sites is 2. The third-order valence-electron chi connectivity index (χ3n) is 1.61. The average molecular weight is 164 g/mol. The van der Waals surface area contributed by atoms with Crippen molar-refractivity contribution < 1.29 is 8.83 Å². The van der Waals surface area contributed by atoms with E-state index in [0.717, 1.165) is 11.2 Å². The molecule has 3 nitrogen and oxygen atoms in total. The smallest absolute Gasteiger partial charge is 0.371 e. The predicted octanol–water partition coefficient (Wildman–Crippen LogP) is 1.06. The van der Waals surface area contributed by atoms with E-state index in [2.05, 4.69) is 0 Å². The van der Waals surface area contributed by atoms with E-state index < -0.39 is 0 Å². The fraction of sp³-hybridized carbons (Fsp3) is 0.222. The minimum Gasteiger partial charge on any atom is -0.371 e. The molecule has 0 aliphatic rings. The maximum atomic E-state index is 5.39. The van der Waals surface area contributed by atoms with E-state index in [0.29, 0.717) is 5.75 Å². The van der Waals surface area contributed by atoms with Gasteiger partial charge in [-0.15, -0.1) is 0 Å². The van der Waals surface area contributed by atoms with Gasteiger partial charge in [0, 0.05) is 0 Å². The van der Waals surface area contributed by atoms with E-state index in [-0.39, 0.29) is 0 Å². The Hall–Kier alpha value is -1.51. The summed E-state index contributed by atoms with van der Waals surface area (Å²) in [6.07, 6.45) is 0. The van der Waals surface area contributed by atoms with Crippen LogP contribution >= 0.6 is 0 Å². The van der Waals surface area contributed by atoms with Gasteiger partial charge in [-0.05, 0) is 12.1 Å². The summed E-state index contributed by atoms with van der Waals surface area (Å²) in [6, 6.07) is 7.60. The third-order valence-corrected chi connectivity index (χ3v) is 1.61. The third kappa shape index (κ3) is 1.03. The molecule has 0 atom stereocenters. The van der Waals surface area contributed by atoms with Gasteiger partial charge in [0.05, 0.1) is 0 Å². The second kappa shape index (κ2) is 2.52. The Morgan fingerprint density at radius 1 is 1.00 bits per heavy atom. The van der Waals surface area contributed by atoms with Crippen LogP contribution < -0.4 is 10.3 Å². The molecular weight excluding hydrogens is 154 g/mol. The van der Waals surface area contributed by atoms with Crippen LogP contribution in [0.15, 0.2) is 33.1 Å². The highest BCUT2D eigenvalue weighted by atomic mass is 16.5. The summed E-state index contributed by atoms with van der Waals surface area (Å²) in [5.41, 5.74) is 1.56. The molecule has 0 radical (unpaired) electrons. The molecule has 0 N–H and O–H groups in total. The minimum absolute atomic E-state index is 0.524. The van der Waals surface area contributed by atoms with Gasteiger partial charge in [0.2, 0.25) is 0 Å². The molecule has 0 unspecified atom stereocenters. The standard InChI is InChI=1S/C9H10NO2/c1-10(2)9-11-7-5-3-4-6-8(7)12-9/h3-6H,1-2H3/q+1. The first-order valence-corrected chi connectivity index (χ1v) is 3.76. The first-order valence-electron chi connectivity index (χ1n) is 3.76. The van der Waals surface area contributed by atoms with Gasteiger partial charge in [-0.3, -0.25) is 0 Å². The lowest BCUT2D eigenvalue weighted by Crippen LogP contribution is -2.18. The molecule has 0 bridgehead atoms. The number of hydrogen-bond acceptors (Lipinski definition) is 2. The summed E-state index contributed by atoms with van der Waals surface area (Å²) in [5.74, 6) is 0.524. The first kappa shape index (κ1) is 7.16. The fourth-order valence-electron chi connectivity index (χ4n) is 1.01. The lowest BCUT2D eigenvalue weighted by Gasteiger charge is -1.77. The van der Waals surface area contributed by atoms with Crippen molar-refractivity contribution in [2.45, 2.75) is 0 Å². The minimum atomic E-state index is 0.524. The van der Waals surface area contributed by atoms with E-state index in [9.17, 15) is 0 Å². The molecular formula is C9H10NO2+. The van der Waals surface area contributed by atoms with Gasteiger partial charge < -0.3 is 8.83 Å². The van der Waals surface area contributed by atoms with Gasteiger partial charge in [-0.1, -0.05) is 12.1 Å². The lowest BCUT2D eigenvalue weighted by molar-refractivity contribution is 0.347. The van der Waals surface area contributed by atoms with Crippen LogP contribution in [0, 0.1) is 0 Å². The Morgan fingerprint density at radius 2 is 1.50 bits per heavy atom. The Bertz CT molecular complexity index is 424. The number of fused-ring (bicyclic) bond motifs is 1. The summed E-state index contributed by atoms with van der Waals surface area (Å²) >= 11 is 0. The predicted molar refractivity (Wildman–Crippen MR) is 45.6 cm³/mol. The number of hydrogen-bond donors (Lipinski definition) is 0. The number of nitrogens with zero attached hydrogens (tertiary/aromatic N) is 1. The van der Waals surface area contributed by atoms with E-state index in [4.69, 9.17) is 8.83 Å². The van der Waals surface area contributed by atoms with Crippen LogP contribution in [0.5, 0.6) is 0 Å². The van der Waals surface area contributed by atoms with Gasteiger partial charge in [0.15, 0.2) is 11.2 Å². The molecule has 12 heavy (non-hydrogen) atoms.